The van der Waals surface area contributed by atoms with Crippen LogP contribution in [0, 0.1) is 11.6 Å². The van der Waals surface area contributed by atoms with Crippen molar-refractivity contribution in [3.63, 3.8) is 0 Å². The Morgan fingerprint density at radius 3 is 2.30 bits per heavy atom. The fourth-order valence-electron chi connectivity index (χ4n) is 5.20. The number of aromatic nitrogens is 2. The van der Waals surface area contributed by atoms with E-state index in [4.69, 9.17) is 0 Å². The van der Waals surface area contributed by atoms with Crippen LogP contribution in [-0.2, 0) is 17.5 Å². The molecule has 4 aromatic carbocycles. The minimum absolute atomic E-state index is 0.177. The summed E-state index contributed by atoms with van der Waals surface area (Å²) in [5.41, 5.74) is 0.514. The molecule has 0 unspecified atom stereocenters. The van der Waals surface area contributed by atoms with E-state index in [0.717, 1.165) is 22.8 Å². The Balaban J connectivity index is 1.27. The molecule has 1 N–H and O–H groups in total. The van der Waals surface area contributed by atoms with Crippen molar-refractivity contribution in [3.05, 3.63) is 114 Å². The second-order valence-corrected chi connectivity index (χ2v) is 10.8. The molecule has 0 saturated carbocycles. The molecule has 12 heteroatoms. The van der Waals surface area contributed by atoms with Crippen molar-refractivity contribution in [1.82, 2.24) is 14.5 Å². The number of nitrogens with zero attached hydrogens (tertiary/aromatic N) is 4. The Morgan fingerprint density at radius 2 is 1.57 bits per heavy atom. The number of rotatable bonds is 6. The number of nitrogens with one attached hydrogen (secondary N) is 1. The van der Waals surface area contributed by atoms with Crippen LogP contribution in [0.15, 0.2) is 91.3 Å². The highest BCUT2D eigenvalue weighted by molar-refractivity contribution is 6.23. The van der Waals surface area contributed by atoms with Gasteiger partial charge in [0.15, 0.2) is 0 Å². The highest BCUT2D eigenvalue weighted by Gasteiger charge is 2.52. The van der Waals surface area contributed by atoms with E-state index >= 15 is 0 Å². The Labute approximate surface area is 248 Å². The molecule has 7 nitrogen and oxygen atoms in total. The van der Waals surface area contributed by atoms with Gasteiger partial charge in [-0.2, -0.15) is 13.2 Å². The molecule has 1 fully saturated rings. The van der Waals surface area contributed by atoms with Crippen molar-refractivity contribution < 1.29 is 31.5 Å². The van der Waals surface area contributed by atoms with Crippen LogP contribution in [0.2, 0.25) is 0 Å². The highest BCUT2D eigenvalue weighted by atomic mass is 19.4. The summed E-state index contributed by atoms with van der Waals surface area (Å²) in [6, 6.07) is 19.9. The molecule has 0 bridgehead atoms. The van der Waals surface area contributed by atoms with Gasteiger partial charge in [0.25, 0.3) is 5.91 Å². The first kappa shape index (κ1) is 28.8. The van der Waals surface area contributed by atoms with Gasteiger partial charge in [-0.05, 0) is 86.1 Å². The summed E-state index contributed by atoms with van der Waals surface area (Å²) < 4.78 is 70.3. The molecule has 1 aliphatic rings. The molecule has 0 atom stereocenters. The van der Waals surface area contributed by atoms with E-state index in [1.54, 1.807) is 18.5 Å². The van der Waals surface area contributed by atoms with E-state index in [2.05, 4.69) is 10.3 Å². The van der Waals surface area contributed by atoms with Crippen LogP contribution < -0.4 is 10.2 Å². The van der Waals surface area contributed by atoms with Gasteiger partial charge in [0.2, 0.25) is 0 Å². The number of carbonyl (C=O) groups excluding carboxylic acids is 2. The van der Waals surface area contributed by atoms with Gasteiger partial charge in [0.05, 0.1) is 28.8 Å². The molecule has 1 aliphatic heterocycles. The topological polar surface area (TPSA) is 70.5 Å². The van der Waals surface area contributed by atoms with Crippen molar-refractivity contribution >= 4 is 40.0 Å². The van der Waals surface area contributed by atoms with Gasteiger partial charge in [-0.15, -0.1) is 0 Å². The zero-order valence-corrected chi connectivity index (χ0v) is 23.4. The van der Waals surface area contributed by atoms with Gasteiger partial charge >= 0.3 is 12.2 Å². The Morgan fingerprint density at radius 1 is 0.864 bits per heavy atom. The Kier molecular flexibility index (Phi) is 6.87. The van der Waals surface area contributed by atoms with Crippen molar-refractivity contribution in [2.24, 2.45) is 0 Å². The molecule has 6 rings (SSSR count). The van der Waals surface area contributed by atoms with Gasteiger partial charge in [0, 0.05) is 17.1 Å². The minimum Gasteiger partial charge on any atom is -0.355 e. The predicted molar refractivity (Wildman–Crippen MR) is 155 cm³/mol. The van der Waals surface area contributed by atoms with E-state index in [0.29, 0.717) is 34.0 Å². The summed E-state index contributed by atoms with van der Waals surface area (Å²) in [7, 11) is 0. The molecule has 0 spiro atoms. The molecule has 0 radical (unpaired) electrons. The Bertz CT molecular complexity index is 1920. The zero-order valence-electron chi connectivity index (χ0n) is 23.4. The number of carbonyl (C=O) groups is 2. The molecule has 5 aromatic rings. The van der Waals surface area contributed by atoms with Gasteiger partial charge in [0.1, 0.15) is 23.5 Å². The van der Waals surface area contributed by atoms with Crippen LogP contribution in [0.3, 0.4) is 0 Å². The monoisotopic (exact) mass is 605 g/mol. The number of halogens is 5. The SMILES string of the molecule is CC1(C)C(=O)N(c2ccc(F)c(C(F)(F)F)c2)C(=O)N1Cc1ccc(F)cc1Nc1ccc(-n2cnc3ccccc32)cc1. The largest absolute Gasteiger partial charge is 0.419 e. The number of urea groups is 1. The molecule has 224 valence electrons. The lowest BCUT2D eigenvalue weighted by Crippen LogP contribution is -2.43. The van der Waals surface area contributed by atoms with Crippen molar-refractivity contribution in [3.8, 4) is 5.69 Å². The lowest BCUT2D eigenvalue weighted by molar-refractivity contribution is -0.140. The third-order valence-corrected chi connectivity index (χ3v) is 7.62. The van der Waals surface area contributed by atoms with Crippen LogP contribution in [0.25, 0.3) is 16.7 Å². The highest BCUT2D eigenvalue weighted by Crippen LogP contribution is 2.38. The summed E-state index contributed by atoms with van der Waals surface area (Å²) in [5.74, 6) is -2.86. The number of hydrogen-bond donors (Lipinski definition) is 1. The number of alkyl halides is 3. The third-order valence-electron chi connectivity index (χ3n) is 7.62. The van der Waals surface area contributed by atoms with E-state index in [9.17, 15) is 31.5 Å². The number of anilines is 3. The first-order chi connectivity index (χ1) is 20.8. The number of fused-ring (bicyclic) bond motifs is 1. The van der Waals surface area contributed by atoms with Crippen LogP contribution in [-0.4, -0.2) is 31.9 Å². The van der Waals surface area contributed by atoms with E-state index in [1.807, 2.05) is 41.0 Å². The molecule has 1 saturated heterocycles. The number of benzene rings is 4. The molecular formula is C32H24F5N5O2. The number of hydrogen-bond acceptors (Lipinski definition) is 4. The van der Waals surface area contributed by atoms with E-state index in [-0.39, 0.29) is 6.54 Å². The number of para-hydroxylation sites is 2. The van der Waals surface area contributed by atoms with Gasteiger partial charge in [-0.3, -0.25) is 9.36 Å². The first-order valence-corrected chi connectivity index (χ1v) is 13.5. The second kappa shape index (κ2) is 10.5. The van der Waals surface area contributed by atoms with E-state index in [1.165, 1.54) is 36.9 Å². The quantitative estimate of drug-likeness (QED) is 0.158. The lowest BCUT2D eigenvalue weighted by atomic mass is 10.0. The summed E-state index contributed by atoms with van der Waals surface area (Å²) in [6.07, 6.45) is -3.31. The summed E-state index contributed by atoms with van der Waals surface area (Å²) in [4.78, 5) is 33.0. The Hall–Kier alpha value is -5.26. The molecule has 1 aromatic heterocycles. The number of amides is 3. The first-order valence-electron chi connectivity index (χ1n) is 13.5. The van der Waals surface area contributed by atoms with Crippen molar-refractivity contribution in [1.29, 1.82) is 0 Å². The van der Waals surface area contributed by atoms with Crippen LogP contribution in [0.1, 0.15) is 25.0 Å². The molecule has 2 heterocycles. The van der Waals surface area contributed by atoms with Crippen LogP contribution in [0.5, 0.6) is 0 Å². The zero-order chi connectivity index (χ0) is 31.4. The number of imide groups is 1. The molecule has 3 amide bonds. The third kappa shape index (κ3) is 5.01. The van der Waals surface area contributed by atoms with Crippen LogP contribution >= 0.6 is 0 Å². The predicted octanol–water partition coefficient (Wildman–Crippen LogP) is 7.81. The van der Waals surface area contributed by atoms with Crippen LogP contribution in [0.4, 0.5) is 43.8 Å². The lowest BCUT2D eigenvalue weighted by Gasteiger charge is -2.28. The average molecular weight is 606 g/mol. The van der Waals surface area contributed by atoms with Crippen molar-refractivity contribution in [2.75, 3.05) is 10.2 Å². The van der Waals surface area contributed by atoms with Gasteiger partial charge in [-0.25, -0.2) is 23.5 Å². The maximum Gasteiger partial charge on any atom is 0.419 e. The molecule has 0 aliphatic carbocycles. The maximum atomic E-state index is 14.4. The smallest absolute Gasteiger partial charge is 0.355 e. The fourth-order valence-corrected chi connectivity index (χ4v) is 5.20. The molecular weight excluding hydrogens is 581 g/mol. The normalized spacial score (nSPS) is 15.0. The standard InChI is InChI=1S/C32H24F5N5O2/c1-31(2)29(43)42(23-13-14-25(34)24(16-23)32(35,36)37)30(44)41(31)17-19-7-8-20(33)15-27(19)39-21-9-11-22(12-10-21)40-18-38-26-5-3-4-6-28(26)40/h3-16,18,39H,17H2,1-2H3. The maximum absolute atomic E-state index is 14.4. The summed E-state index contributed by atoms with van der Waals surface area (Å²) in [6.45, 7) is 2.73. The van der Waals surface area contributed by atoms with Gasteiger partial charge < -0.3 is 10.2 Å². The van der Waals surface area contributed by atoms with Crippen molar-refractivity contribution in [2.45, 2.75) is 32.1 Å². The van der Waals surface area contributed by atoms with E-state index < -0.39 is 46.5 Å². The second-order valence-electron chi connectivity index (χ2n) is 10.8. The molecule has 44 heavy (non-hydrogen) atoms. The van der Waals surface area contributed by atoms with Gasteiger partial charge in [-0.1, -0.05) is 18.2 Å². The average Bonchev–Trinajstić information content (AvgIpc) is 3.47. The number of imidazole rings is 1. The fraction of sp³-hybridized carbons (Fsp3) is 0.156. The summed E-state index contributed by atoms with van der Waals surface area (Å²) in [5, 5.41) is 3.16. The minimum atomic E-state index is -5.03. The summed E-state index contributed by atoms with van der Waals surface area (Å²) >= 11 is 0.